The van der Waals surface area contributed by atoms with E-state index in [0.29, 0.717) is 11.3 Å². The minimum Gasteiger partial charge on any atom is -0.457 e. The summed E-state index contributed by atoms with van der Waals surface area (Å²) in [6.07, 6.45) is 0. The first kappa shape index (κ1) is 18.2. The maximum atomic E-state index is 12.3. The van der Waals surface area contributed by atoms with E-state index in [2.05, 4.69) is 4.72 Å². The maximum Gasteiger partial charge on any atom is 0.338 e. The third kappa shape index (κ3) is 4.12. The predicted octanol–water partition coefficient (Wildman–Crippen LogP) is 3.48. The second-order valence-electron chi connectivity index (χ2n) is 6.13. The van der Waals surface area contributed by atoms with Gasteiger partial charge in [0.25, 0.3) is 0 Å². The Morgan fingerprint density at radius 1 is 1.12 bits per heavy atom. The summed E-state index contributed by atoms with van der Waals surface area (Å²) < 4.78 is 37.8. The number of benzene rings is 2. The number of carbonyl (C=O) groups is 1. The molecule has 0 saturated heterocycles. The van der Waals surface area contributed by atoms with Crippen molar-refractivity contribution in [1.29, 1.82) is 0 Å². The Balaban J connectivity index is 1.72. The predicted molar refractivity (Wildman–Crippen MR) is 97.2 cm³/mol. The number of esters is 1. The number of hydrogen-bond acceptors (Lipinski definition) is 5. The van der Waals surface area contributed by atoms with Gasteiger partial charge in [0, 0.05) is 11.4 Å². The van der Waals surface area contributed by atoms with Gasteiger partial charge in [-0.3, -0.25) is 0 Å². The van der Waals surface area contributed by atoms with Gasteiger partial charge in [0.05, 0.1) is 10.5 Å². The number of hydrogen-bond donors (Lipinski definition) is 1. The van der Waals surface area contributed by atoms with Crippen LogP contribution < -0.4 is 4.72 Å². The normalized spacial score (nSPS) is 11.8. The lowest BCUT2D eigenvalue weighted by atomic mass is 10.2. The lowest BCUT2D eigenvalue weighted by molar-refractivity contribution is 0.0447. The van der Waals surface area contributed by atoms with Crippen LogP contribution in [0.1, 0.15) is 30.0 Å². The van der Waals surface area contributed by atoms with Gasteiger partial charge >= 0.3 is 5.97 Å². The van der Waals surface area contributed by atoms with Crippen LogP contribution in [-0.4, -0.2) is 20.4 Å². The average Bonchev–Trinajstić information content (AvgIpc) is 3.01. The van der Waals surface area contributed by atoms with E-state index in [1.165, 1.54) is 24.3 Å². The first-order chi connectivity index (χ1) is 12.3. The Morgan fingerprint density at radius 2 is 1.88 bits per heavy atom. The van der Waals surface area contributed by atoms with Gasteiger partial charge in [-0.15, -0.1) is 0 Å². The fourth-order valence-electron chi connectivity index (χ4n) is 2.50. The number of rotatable bonds is 6. The van der Waals surface area contributed by atoms with E-state index in [9.17, 15) is 13.2 Å². The van der Waals surface area contributed by atoms with E-state index in [1.807, 2.05) is 24.3 Å². The fraction of sp³-hybridized carbons (Fsp3) is 0.211. The fourth-order valence-corrected chi connectivity index (χ4v) is 3.79. The third-order valence-electron chi connectivity index (χ3n) is 3.59. The molecule has 1 heterocycles. The van der Waals surface area contributed by atoms with Crippen LogP contribution in [0.25, 0.3) is 11.0 Å². The molecule has 3 aromatic rings. The van der Waals surface area contributed by atoms with Crippen LogP contribution in [0.2, 0.25) is 0 Å². The van der Waals surface area contributed by atoms with E-state index in [0.717, 1.165) is 5.39 Å². The Bertz CT molecular complexity index is 1000. The number of nitrogens with one attached hydrogen (secondary N) is 1. The minimum atomic E-state index is -3.68. The highest BCUT2D eigenvalue weighted by Crippen LogP contribution is 2.20. The molecule has 0 aliphatic heterocycles. The maximum absolute atomic E-state index is 12.3. The topological polar surface area (TPSA) is 85.6 Å². The largest absolute Gasteiger partial charge is 0.457 e. The molecule has 0 aliphatic rings. The first-order valence-electron chi connectivity index (χ1n) is 8.12. The molecule has 1 aromatic heterocycles. The zero-order chi connectivity index (χ0) is 18.7. The third-order valence-corrected chi connectivity index (χ3v) is 5.25. The van der Waals surface area contributed by atoms with Gasteiger partial charge in [-0.05, 0) is 44.2 Å². The summed E-state index contributed by atoms with van der Waals surface area (Å²) in [4.78, 5) is 12.3. The Kier molecular flexibility index (Phi) is 5.11. The van der Waals surface area contributed by atoms with Crippen LogP contribution in [0.3, 0.4) is 0 Å². The summed E-state index contributed by atoms with van der Waals surface area (Å²) in [7, 11) is -3.68. The van der Waals surface area contributed by atoms with E-state index in [-0.39, 0.29) is 23.1 Å². The minimum absolute atomic E-state index is 0.0180. The number of fused-ring (bicyclic) bond motifs is 1. The molecule has 0 fully saturated rings. The second-order valence-corrected chi connectivity index (χ2v) is 7.84. The Hall–Kier alpha value is -2.64. The van der Waals surface area contributed by atoms with E-state index >= 15 is 0 Å². The zero-order valence-electron chi connectivity index (χ0n) is 14.4. The quantitative estimate of drug-likeness (QED) is 0.669. The zero-order valence-corrected chi connectivity index (χ0v) is 15.2. The number of furan rings is 1. The molecule has 7 heteroatoms. The molecular formula is C19H19NO5S. The average molecular weight is 373 g/mol. The molecule has 26 heavy (non-hydrogen) atoms. The number of sulfonamides is 1. The lowest BCUT2D eigenvalue weighted by Crippen LogP contribution is -2.30. The number of ether oxygens (including phenoxy) is 1. The standard InChI is InChI=1S/C19H19NO5S/c1-13(2)20-26(22,23)17-8-5-7-15(11-17)19(21)24-12-16-10-14-6-3-4-9-18(14)25-16/h3-11,13,20H,12H2,1-2H3. The van der Waals surface area contributed by atoms with Crippen molar-refractivity contribution in [3.05, 3.63) is 65.9 Å². The molecule has 0 amide bonds. The van der Waals surface area contributed by atoms with Crippen molar-refractivity contribution in [3.63, 3.8) is 0 Å². The summed E-state index contributed by atoms with van der Waals surface area (Å²) in [6, 6.07) is 14.8. The van der Waals surface area contributed by atoms with E-state index in [4.69, 9.17) is 9.15 Å². The van der Waals surface area contributed by atoms with Crippen LogP contribution >= 0.6 is 0 Å². The van der Waals surface area contributed by atoms with Crippen LogP contribution in [0, 0.1) is 0 Å². The smallest absolute Gasteiger partial charge is 0.338 e. The molecule has 0 aliphatic carbocycles. The highest BCUT2D eigenvalue weighted by atomic mass is 32.2. The van der Waals surface area contributed by atoms with Crippen LogP contribution in [0.15, 0.2) is 63.9 Å². The van der Waals surface area contributed by atoms with Crippen molar-refractivity contribution in [3.8, 4) is 0 Å². The van der Waals surface area contributed by atoms with E-state index < -0.39 is 16.0 Å². The summed E-state index contributed by atoms with van der Waals surface area (Å²) in [6.45, 7) is 3.42. The number of para-hydroxylation sites is 1. The first-order valence-corrected chi connectivity index (χ1v) is 9.60. The van der Waals surface area contributed by atoms with Crippen molar-refractivity contribution in [2.75, 3.05) is 0 Å². The van der Waals surface area contributed by atoms with E-state index in [1.54, 1.807) is 19.9 Å². The molecule has 136 valence electrons. The van der Waals surface area contributed by atoms with Crippen LogP contribution in [0.5, 0.6) is 0 Å². The Morgan fingerprint density at radius 3 is 2.62 bits per heavy atom. The molecule has 2 aromatic carbocycles. The summed E-state index contributed by atoms with van der Waals surface area (Å²) in [5, 5.41) is 0.923. The van der Waals surface area contributed by atoms with Crippen molar-refractivity contribution in [2.24, 2.45) is 0 Å². The van der Waals surface area contributed by atoms with Gasteiger partial charge in [-0.1, -0.05) is 24.3 Å². The summed E-state index contributed by atoms with van der Waals surface area (Å²) in [5.74, 6) is -0.100. The van der Waals surface area contributed by atoms with Crippen LogP contribution in [-0.2, 0) is 21.4 Å². The van der Waals surface area contributed by atoms with Crippen molar-refractivity contribution in [2.45, 2.75) is 31.4 Å². The van der Waals surface area contributed by atoms with Gasteiger partial charge in [0.1, 0.15) is 18.0 Å². The van der Waals surface area contributed by atoms with Gasteiger partial charge in [-0.2, -0.15) is 0 Å². The van der Waals surface area contributed by atoms with Gasteiger partial charge < -0.3 is 9.15 Å². The van der Waals surface area contributed by atoms with Gasteiger partial charge in [0.2, 0.25) is 10.0 Å². The second kappa shape index (κ2) is 7.31. The summed E-state index contributed by atoms with van der Waals surface area (Å²) >= 11 is 0. The van der Waals surface area contributed by atoms with Gasteiger partial charge in [0.15, 0.2) is 0 Å². The molecule has 0 radical (unpaired) electrons. The SMILES string of the molecule is CC(C)NS(=O)(=O)c1cccc(C(=O)OCc2cc3ccccc3o2)c1. The molecule has 6 nitrogen and oxygen atoms in total. The Labute approximate surface area is 151 Å². The van der Waals surface area contributed by atoms with Gasteiger partial charge in [-0.25, -0.2) is 17.9 Å². The molecule has 3 rings (SSSR count). The molecule has 0 saturated carbocycles. The molecule has 0 unspecified atom stereocenters. The van der Waals surface area contributed by atoms with Crippen molar-refractivity contribution < 1.29 is 22.4 Å². The highest BCUT2D eigenvalue weighted by Gasteiger charge is 2.18. The molecule has 0 spiro atoms. The lowest BCUT2D eigenvalue weighted by Gasteiger charge is -2.10. The number of carbonyl (C=O) groups excluding carboxylic acids is 1. The van der Waals surface area contributed by atoms with Crippen LogP contribution in [0.4, 0.5) is 0 Å². The van der Waals surface area contributed by atoms with Crippen molar-refractivity contribution >= 4 is 27.0 Å². The monoisotopic (exact) mass is 373 g/mol. The molecule has 0 atom stereocenters. The molecular weight excluding hydrogens is 354 g/mol. The molecule has 1 N–H and O–H groups in total. The van der Waals surface area contributed by atoms with Crippen molar-refractivity contribution in [1.82, 2.24) is 4.72 Å². The highest BCUT2D eigenvalue weighted by molar-refractivity contribution is 7.89. The summed E-state index contributed by atoms with van der Waals surface area (Å²) in [5.41, 5.74) is 0.874. The molecule has 0 bridgehead atoms.